The van der Waals surface area contributed by atoms with E-state index in [1.165, 1.54) is 44.9 Å². The van der Waals surface area contributed by atoms with Crippen LogP contribution in [0, 0.1) is 0 Å². The smallest absolute Gasteiger partial charge is 0.748 e. The summed E-state index contributed by atoms with van der Waals surface area (Å²) in [6.45, 7) is 4.14. The summed E-state index contributed by atoms with van der Waals surface area (Å²) in [7, 11) is -4.12. The predicted molar refractivity (Wildman–Crippen MR) is 114 cm³/mol. The largest absolute Gasteiger partial charge is 1.00 e. The molecule has 0 amide bonds. The molecule has 0 aliphatic heterocycles. The van der Waals surface area contributed by atoms with Crippen molar-refractivity contribution in [2.45, 2.75) is 141 Å². The molecule has 0 saturated carbocycles. The van der Waals surface area contributed by atoms with Crippen LogP contribution in [0.25, 0.3) is 0 Å². The fourth-order valence-electron chi connectivity index (χ4n) is 3.69. The van der Waals surface area contributed by atoms with Crippen LogP contribution in [0.4, 0.5) is 0 Å². The van der Waals surface area contributed by atoms with Gasteiger partial charge in [-0.05, 0) is 25.7 Å². The van der Waals surface area contributed by atoms with Gasteiger partial charge in [-0.1, -0.05) is 104 Å². The molecule has 164 valence electrons. The van der Waals surface area contributed by atoms with Gasteiger partial charge in [0.2, 0.25) is 0 Å². The van der Waals surface area contributed by atoms with E-state index in [2.05, 4.69) is 6.92 Å². The average molecular weight is 445 g/mol. The molecule has 0 aromatic rings. The fourth-order valence-corrected chi connectivity index (χ4v) is 4.60. The second-order valence-corrected chi connectivity index (χ2v) is 9.82. The topological polar surface area (TPSA) is 77.4 Å². The molecule has 0 spiro atoms. The fraction of sp³-hybridized carbons (Fsp3) is 1.00. The Labute approximate surface area is 218 Å². The molecule has 2 unspecified atom stereocenters. The monoisotopic (exact) mass is 444 g/mol. The van der Waals surface area contributed by atoms with E-state index < -0.39 is 15.4 Å². The van der Waals surface area contributed by atoms with Crippen LogP contribution in [0.1, 0.15) is 129 Å². The summed E-state index contributed by atoms with van der Waals surface area (Å²) >= 11 is 0. The predicted octanol–water partition coefficient (Wildman–Crippen LogP) is 3.33. The van der Waals surface area contributed by atoms with Gasteiger partial charge in [0.25, 0.3) is 0 Å². The van der Waals surface area contributed by atoms with Crippen LogP contribution < -0.4 is 51.4 Å². The summed E-state index contributed by atoms with van der Waals surface area (Å²) in [5.74, 6) is 0. The standard InChI is InChI=1S/C22H46O4S.K/c1-3-5-19-22(27(24,25)26)20-16-14-12-10-8-6-7-9-11-13-15-18-21(23)17-4-2;/h21-23H,3-20H2,1-2H3,(H,24,25,26);/q;+1/p-1. The van der Waals surface area contributed by atoms with Crippen LogP contribution in [-0.4, -0.2) is 29.4 Å². The Balaban J connectivity index is 0. The SMILES string of the molecule is CCCCC(CCCCCCCCCCCCCC(O)CCC)S(=O)(=O)[O-].[K+]. The molecule has 0 aromatic heterocycles. The third-order valence-corrected chi connectivity index (χ3v) is 6.76. The summed E-state index contributed by atoms with van der Waals surface area (Å²) in [5, 5.41) is 9.01. The first kappa shape index (κ1) is 31.7. The van der Waals surface area contributed by atoms with E-state index in [-0.39, 0.29) is 57.5 Å². The van der Waals surface area contributed by atoms with Gasteiger partial charge in [-0.3, -0.25) is 0 Å². The Bertz CT molecular complexity index is 415. The van der Waals surface area contributed by atoms with E-state index >= 15 is 0 Å². The van der Waals surface area contributed by atoms with Crippen molar-refractivity contribution in [3.63, 3.8) is 0 Å². The molecular formula is C22H45KO4S. The molecule has 1 N–H and O–H groups in total. The molecular weight excluding hydrogens is 399 g/mol. The molecule has 28 heavy (non-hydrogen) atoms. The number of hydrogen-bond donors (Lipinski definition) is 1. The summed E-state index contributed by atoms with van der Waals surface area (Å²) in [6.07, 6.45) is 18.8. The molecule has 2 atom stereocenters. The van der Waals surface area contributed by atoms with Crippen molar-refractivity contribution < 1.29 is 69.5 Å². The number of aliphatic hydroxyl groups is 1. The molecule has 0 fully saturated rings. The Morgan fingerprint density at radius 1 is 0.643 bits per heavy atom. The van der Waals surface area contributed by atoms with Crippen LogP contribution in [0.15, 0.2) is 0 Å². The van der Waals surface area contributed by atoms with Crippen molar-refractivity contribution in [1.82, 2.24) is 0 Å². The van der Waals surface area contributed by atoms with Gasteiger partial charge in [0.15, 0.2) is 0 Å². The Hall–Kier alpha value is 1.51. The molecule has 0 aliphatic carbocycles. The normalized spacial score (nSPS) is 13.9. The van der Waals surface area contributed by atoms with E-state index in [1.807, 2.05) is 6.92 Å². The van der Waals surface area contributed by atoms with Crippen molar-refractivity contribution in [2.75, 3.05) is 0 Å². The molecule has 4 nitrogen and oxygen atoms in total. The number of aliphatic hydroxyl groups excluding tert-OH is 1. The second kappa shape index (κ2) is 21.7. The number of unbranched alkanes of at least 4 members (excludes halogenated alkanes) is 11. The van der Waals surface area contributed by atoms with Crippen molar-refractivity contribution in [1.29, 1.82) is 0 Å². The van der Waals surface area contributed by atoms with Gasteiger partial charge in [-0.25, -0.2) is 8.42 Å². The summed E-state index contributed by atoms with van der Waals surface area (Å²) in [4.78, 5) is 0. The molecule has 0 rings (SSSR count). The maximum atomic E-state index is 11.3. The third-order valence-electron chi connectivity index (χ3n) is 5.47. The maximum Gasteiger partial charge on any atom is 1.00 e. The van der Waals surface area contributed by atoms with E-state index in [0.717, 1.165) is 57.8 Å². The van der Waals surface area contributed by atoms with Gasteiger partial charge in [0.05, 0.1) is 16.2 Å². The van der Waals surface area contributed by atoms with Crippen LogP contribution >= 0.6 is 0 Å². The quantitative estimate of drug-likeness (QED) is 0.177. The van der Waals surface area contributed by atoms with Crippen LogP contribution in [0.3, 0.4) is 0 Å². The van der Waals surface area contributed by atoms with Crippen molar-refractivity contribution in [2.24, 2.45) is 0 Å². The summed E-state index contributed by atoms with van der Waals surface area (Å²) in [6, 6.07) is 0. The van der Waals surface area contributed by atoms with Gasteiger partial charge >= 0.3 is 51.4 Å². The third kappa shape index (κ3) is 20.8. The second-order valence-electron chi connectivity index (χ2n) is 8.17. The van der Waals surface area contributed by atoms with Gasteiger partial charge in [0.1, 0.15) is 0 Å². The first-order valence-electron chi connectivity index (χ1n) is 11.5. The zero-order chi connectivity index (χ0) is 20.4. The van der Waals surface area contributed by atoms with Crippen LogP contribution in [0.5, 0.6) is 0 Å². The maximum absolute atomic E-state index is 11.3. The molecule has 0 heterocycles. The van der Waals surface area contributed by atoms with Gasteiger partial charge in [0, 0.05) is 5.25 Å². The minimum Gasteiger partial charge on any atom is -0.748 e. The zero-order valence-corrected chi connectivity index (χ0v) is 22.9. The molecule has 0 aromatic carbocycles. The van der Waals surface area contributed by atoms with Crippen LogP contribution in [0.2, 0.25) is 0 Å². The molecule has 6 heteroatoms. The summed E-state index contributed by atoms with van der Waals surface area (Å²) < 4.78 is 33.8. The minimum atomic E-state index is -4.12. The van der Waals surface area contributed by atoms with Gasteiger partial charge in [-0.2, -0.15) is 0 Å². The van der Waals surface area contributed by atoms with E-state index in [1.54, 1.807) is 0 Å². The van der Waals surface area contributed by atoms with E-state index in [9.17, 15) is 18.1 Å². The number of rotatable bonds is 20. The summed E-state index contributed by atoms with van der Waals surface area (Å²) in [5.41, 5.74) is 0. The molecule has 0 aliphatic rings. The van der Waals surface area contributed by atoms with Gasteiger partial charge < -0.3 is 9.66 Å². The van der Waals surface area contributed by atoms with Crippen LogP contribution in [-0.2, 0) is 10.1 Å². The zero-order valence-electron chi connectivity index (χ0n) is 19.0. The Kier molecular flexibility index (Phi) is 24.6. The average Bonchev–Trinajstić information content (AvgIpc) is 2.60. The van der Waals surface area contributed by atoms with E-state index in [4.69, 9.17) is 0 Å². The first-order chi connectivity index (χ1) is 12.9. The molecule has 0 saturated heterocycles. The molecule has 0 radical (unpaired) electrons. The van der Waals surface area contributed by atoms with Crippen molar-refractivity contribution in [3.05, 3.63) is 0 Å². The number of hydrogen-bond acceptors (Lipinski definition) is 4. The van der Waals surface area contributed by atoms with Crippen molar-refractivity contribution >= 4 is 10.1 Å². The molecule has 0 bridgehead atoms. The van der Waals surface area contributed by atoms with E-state index in [0.29, 0.717) is 12.8 Å². The minimum absolute atomic E-state index is 0. The van der Waals surface area contributed by atoms with Crippen molar-refractivity contribution in [3.8, 4) is 0 Å². The Morgan fingerprint density at radius 2 is 1.04 bits per heavy atom. The first-order valence-corrected chi connectivity index (χ1v) is 13.0. The van der Waals surface area contributed by atoms with Gasteiger partial charge in [-0.15, -0.1) is 0 Å². The Morgan fingerprint density at radius 3 is 1.43 bits per heavy atom.